The average Bonchev–Trinajstić information content (AvgIpc) is 3.26. The van der Waals surface area contributed by atoms with Crippen LogP contribution >= 0.6 is 15.9 Å². The van der Waals surface area contributed by atoms with Crippen LogP contribution in [0.3, 0.4) is 0 Å². The molecule has 3 atom stereocenters. The van der Waals surface area contributed by atoms with Crippen molar-refractivity contribution in [3.8, 4) is 6.07 Å². The van der Waals surface area contributed by atoms with E-state index in [2.05, 4.69) is 43.3 Å². The number of anilines is 1. The van der Waals surface area contributed by atoms with Gasteiger partial charge in [0.1, 0.15) is 23.5 Å². The van der Waals surface area contributed by atoms with E-state index in [9.17, 15) is 0 Å². The number of aliphatic imine (C=N–C) groups is 1. The maximum Gasteiger partial charge on any atom is 0.144 e. The highest BCUT2D eigenvalue weighted by molar-refractivity contribution is 9.12. The lowest BCUT2D eigenvalue weighted by atomic mass is 9.99. The Morgan fingerprint density at radius 1 is 1.32 bits per heavy atom. The number of nitrogens with one attached hydrogen (secondary N) is 1. The Labute approximate surface area is 156 Å². The molecule has 6 heteroatoms. The summed E-state index contributed by atoms with van der Waals surface area (Å²) in [6, 6.07) is 5.84. The summed E-state index contributed by atoms with van der Waals surface area (Å²) in [6.07, 6.45) is 7.50. The maximum absolute atomic E-state index is 9.04. The molecule has 25 heavy (non-hydrogen) atoms. The van der Waals surface area contributed by atoms with E-state index in [-0.39, 0.29) is 0 Å². The van der Waals surface area contributed by atoms with Gasteiger partial charge in [-0.1, -0.05) is 6.08 Å². The molecule has 5 nitrogen and oxygen atoms in total. The standard InChI is InChI=1S/C19H20BrN5/c1-3-15-17(20)18(22-2)24-19(14-7-12-6-13(12)8-14)25(15)16-5-4-11(9-21)10-23-16/h3-5,10,12-14,22H,6-8H2,1-2H3/b15-3-/t12-,13+,14?. The second-order valence-electron chi connectivity index (χ2n) is 6.83. The molecule has 1 aliphatic heterocycles. The molecule has 0 radical (unpaired) electrons. The molecular weight excluding hydrogens is 378 g/mol. The van der Waals surface area contributed by atoms with Crippen LogP contribution in [0.4, 0.5) is 5.82 Å². The number of pyridine rings is 1. The van der Waals surface area contributed by atoms with E-state index in [1.807, 2.05) is 26.1 Å². The highest BCUT2D eigenvalue weighted by Crippen LogP contribution is 2.55. The van der Waals surface area contributed by atoms with Crippen molar-refractivity contribution >= 4 is 27.6 Å². The number of halogens is 1. The molecule has 1 unspecified atom stereocenters. The van der Waals surface area contributed by atoms with Crippen molar-refractivity contribution in [2.24, 2.45) is 22.7 Å². The second kappa shape index (κ2) is 6.30. The SMILES string of the molecule is C/C=C1/C(Br)=C(NC)N=C(C2C[C@@H]3C[C@@H]3C2)N1c1ccc(C#N)cn1. The van der Waals surface area contributed by atoms with E-state index in [1.54, 1.807) is 6.20 Å². The summed E-state index contributed by atoms with van der Waals surface area (Å²) in [5.74, 6) is 4.94. The van der Waals surface area contributed by atoms with Crippen molar-refractivity contribution in [3.05, 3.63) is 46.0 Å². The lowest BCUT2D eigenvalue weighted by molar-refractivity contribution is 0.613. The van der Waals surface area contributed by atoms with E-state index < -0.39 is 0 Å². The third kappa shape index (κ3) is 2.77. The van der Waals surface area contributed by atoms with E-state index in [1.165, 1.54) is 19.3 Å². The minimum Gasteiger partial charge on any atom is -0.372 e. The number of fused-ring (bicyclic) bond motifs is 1. The largest absolute Gasteiger partial charge is 0.372 e. The zero-order chi connectivity index (χ0) is 17.6. The van der Waals surface area contributed by atoms with Crippen molar-refractivity contribution in [2.75, 3.05) is 11.9 Å². The fraction of sp³-hybridized carbons (Fsp3) is 0.421. The fourth-order valence-corrected chi connectivity index (χ4v) is 4.70. The zero-order valence-electron chi connectivity index (χ0n) is 14.3. The third-order valence-electron chi connectivity index (χ3n) is 5.35. The van der Waals surface area contributed by atoms with Gasteiger partial charge in [-0.25, -0.2) is 9.98 Å². The minimum absolute atomic E-state index is 0.458. The Morgan fingerprint density at radius 2 is 2.08 bits per heavy atom. The normalized spacial score (nSPS) is 29.4. The van der Waals surface area contributed by atoms with Crippen molar-refractivity contribution in [1.82, 2.24) is 10.3 Å². The predicted octanol–water partition coefficient (Wildman–Crippen LogP) is 3.91. The van der Waals surface area contributed by atoms with Gasteiger partial charge in [0.05, 0.1) is 15.7 Å². The van der Waals surface area contributed by atoms with Crippen LogP contribution in [0.25, 0.3) is 0 Å². The number of allylic oxidation sites excluding steroid dienone is 2. The van der Waals surface area contributed by atoms with Gasteiger partial charge in [-0.05, 0) is 66.1 Å². The summed E-state index contributed by atoms with van der Waals surface area (Å²) in [6.45, 7) is 2.02. The van der Waals surface area contributed by atoms with Crippen LogP contribution in [0.2, 0.25) is 0 Å². The number of hydrogen-bond acceptors (Lipinski definition) is 5. The summed E-state index contributed by atoms with van der Waals surface area (Å²) in [5.41, 5.74) is 1.60. The van der Waals surface area contributed by atoms with Crippen LogP contribution in [0.1, 0.15) is 31.7 Å². The highest BCUT2D eigenvalue weighted by Gasteiger charge is 2.49. The third-order valence-corrected chi connectivity index (χ3v) is 6.14. The summed E-state index contributed by atoms with van der Waals surface area (Å²) >= 11 is 3.68. The van der Waals surface area contributed by atoms with Crippen LogP contribution < -0.4 is 10.2 Å². The number of hydrogen-bond donors (Lipinski definition) is 1. The Morgan fingerprint density at radius 3 is 2.64 bits per heavy atom. The van der Waals surface area contributed by atoms with Gasteiger partial charge in [-0.3, -0.25) is 4.90 Å². The van der Waals surface area contributed by atoms with E-state index in [0.717, 1.165) is 39.5 Å². The van der Waals surface area contributed by atoms with Gasteiger partial charge < -0.3 is 5.32 Å². The molecule has 0 amide bonds. The molecule has 0 saturated heterocycles. The molecular formula is C19H20BrN5. The Hall–Kier alpha value is -2.13. The second-order valence-corrected chi connectivity index (χ2v) is 7.63. The fourth-order valence-electron chi connectivity index (χ4n) is 4.00. The number of nitrogens with zero attached hydrogens (tertiary/aromatic N) is 4. The first kappa shape index (κ1) is 16.3. The van der Waals surface area contributed by atoms with Gasteiger partial charge in [-0.15, -0.1) is 0 Å². The minimum atomic E-state index is 0.458. The first-order valence-corrected chi connectivity index (χ1v) is 9.44. The van der Waals surface area contributed by atoms with Gasteiger partial charge in [0, 0.05) is 19.2 Å². The van der Waals surface area contributed by atoms with Crippen LogP contribution in [0, 0.1) is 29.1 Å². The number of aromatic nitrogens is 1. The van der Waals surface area contributed by atoms with Crippen LogP contribution in [0.5, 0.6) is 0 Å². The zero-order valence-corrected chi connectivity index (χ0v) is 15.9. The van der Waals surface area contributed by atoms with Crippen molar-refractivity contribution < 1.29 is 0 Å². The number of amidine groups is 1. The van der Waals surface area contributed by atoms with E-state index in [0.29, 0.717) is 11.5 Å². The lowest BCUT2D eigenvalue weighted by Crippen LogP contribution is -2.39. The van der Waals surface area contributed by atoms with Crippen molar-refractivity contribution in [3.63, 3.8) is 0 Å². The summed E-state index contributed by atoms with van der Waals surface area (Å²) in [4.78, 5) is 11.6. The maximum atomic E-state index is 9.04. The molecule has 0 bridgehead atoms. The molecule has 1 aromatic heterocycles. The van der Waals surface area contributed by atoms with Crippen LogP contribution in [-0.2, 0) is 0 Å². The quantitative estimate of drug-likeness (QED) is 0.839. The summed E-state index contributed by atoms with van der Waals surface area (Å²) in [7, 11) is 1.90. The molecule has 3 aliphatic rings. The molecule has 2 saturated carbocycles. The molecule has 2 heterocycles. The highest BCUT2D eigenvalue weighted by atomic mass is 79.9. The molecule has 0 spiro atoms. The lowest BCUT2D eigenvalue weighted by Gasteiger charge is -2.34. The van der Waals surface area contributed by atoms with Crippen LogP contribution in [-0.4, -0.2) is 17.9 Å². The van der Waals surface area contributed by atoms with Crippen molar-refractivity contribution in [2.45, 2.75) is 26.2 Å². The monoisotopic (exact) mass is 397 g/mol. The van der Waals surface area contributed by atoms with Gasteiger partial charge >= 0.3 is 0 Å². The Bertz CT molecular complexity index is 820. The smallest absolute Gasteiger partial charge is 0.144 e. The van der Waals surface area contributed by atoms with Gasteiger partial charge in [0.25, 0.3) is 0 Å². The molecule has 2 fully saturated rings. The van der Waals surface area contributed by atoms with Gasteiger partial charge in [0.2, 0.25) is 0 Å². The molecule has 128 valence electrons. The Balaban J connectivity index is 1.78. The molecule has 1 aromatic rings. The summed E-state index contributed by atoms with van der Waals surface area (Å²) < 4.78 is 0.926. The molecule has 1 N–H and O–H groups in total. The molecule has 4 rings (SSSR count). The predicted molar refractivity (Wildman–Crippen MR) is 102 cm³/mol. The first-order valence-electron chi connectivity index (χ1n) is 8.65. The number of rotatable bonds is 3. The van der Waals surface area contributed by atoms with Gasteiger partial charge in [0.15, 0.2) is 0 Å². The topological polar surface area (TPSA) is 64.3 Å². The average molecular weight is 398 g/mol. The van der Waals surface area contributed by atoms with Crippen LogP contribution in [0.15, 0.2) is 45.4 Å². The molecule has 0 aromatic carbocycles. The first-order chi connectivity index (χ1) is 12.2. The van der Waals surface area contributed by atoms with Gasteiger partial charge in [-0.2, -0.15) is 5.26 Å². The van der Waals surface area contributed by atoms with E-state index in [4.69, 9.17) is 10.3 Å². The Kier molecular flexibility index (Phi) is 4.12. The van der Waals surface area contributed by atoms with E-state index >= 15 is 0 Å². The number of nitriles is 1. The molecule has 2 aliphatic carbocycles. The van der Waals surface area contributed by atoms with Crippen molar-refractivity contribution in [1.29, 1.82) is 5.26 Å². The summed E-state index contributed by atoms with van der Waals surface area (Å²) in [5, 5.41) is 12.2.